The predicted molar refractivity (Wildman–Crippen MR) is 85.1 cm³/mol. The third kappa shape index (κ3) is 3.92. The summed E-state index contributed by atoms with van der Waals surface area (Å²) in [4.78, 5) is 21.5. The summed E-state index contributed by atoms with van der Waals surface area (Å²) in [5.41, 5.74) is 3.04. The molecule has 5 heteroatoms. The first-order chi connectivity index (χ1) is 10.3. The van der Waals surface area contributed by atoms with E-state index in [2.05, 4.69) is 32.3 Å². The van der Waals surface area contributed by atoms with Gasteiger partial charge in [-0.15, -0.1) is 11.3 Å². The molecule has 114 valence electrons. The van der Waals surface area contributed by atoms with Crippen LogP contribution >= 0.6 is 11.3 Å². The van der Waals surface area contributed by atoms with Gasteiger partial charge < -0.3 is 4.90 Å². The van der Waals surface area contributed by atoms with Crippen molar-refractivity contribution in [2.45, 2.75) is 32.2 Å². The third-order valence-corrected chi connectivity index (χ3v) is 5.02. The van der Waals surface area contributed by atoms with Crippen LogP contribution in [0.5, 0.6) is 0 Å². The van der Waals surface area contributed by atoms with Crippen LogP contribution in [0.2, 0.25) is 0 Å². The highest BCUT2D eigenvalue weighted by atomic mass is 32.1. The van der Waals surface area contributed by atoms with E-state index in [0.29, 0.717) is 5.91 Å². The lowest BCUT2D eigenvalue weighted by molar-refractivity contribution is -0.135. The first kappa shape index (κ1) is 14.7. The minimum atomic E-state index is 0.222. The van der Waals surface area contributed by atoms with Gasteiger partial charge in [-0.05, 0) is 25.7 Å². The summed E-state index contributed by atoms with van der Waals surface area (Å²) in [5, 5.41) is 2.11. The maximum Gasteiger partial charge on any atom is 0.226 e. The molecule has 0 radical (unpaired) electrons. The van der Waals surface area contributed by atoms with Crippen molar-refractivity contribution in [3.05, 3.63) is 28.7 Å². The topological polar surface area (TPSA) is 36.4 Å². The number of hydrogen-bond acceptors (Lipinski definition) is 4. The molecule has 2 aliphatic rings. The lowest BCUT2D eigenvalue weighted by Gasteiger charge is -2.27. The standard InChI is InChI=1S/C16H23N3OS/c20-16(14-5-2-1-3-6-14)19-8-4-7-18(9-10-19)11-15-12-21-13-17-15/h1-2,12-14H,3-11H2/t14-/m1/s1. The fourth-order valence-electron chi connectivity index (χ4n) is 3.17. The maximum absolute atomic E-state index is 12.6. The molecule has 0 saturated carbocycles. The first-order valence-corrected chi connectivity index (χ1v) is 8.80. The number of hydrogen-bond donors (Lipinski definition) is 0. The van der Waals surface area contributed by atoms with E-state index in [1.54, 1.807) is 11.3 Å². The van der Waals surface area contributed by atoms with Crippen LogP contribution in [0.4, 0.5) is 0 Å². The average molecular weight is 305 g/mol. The van der Waals surface area contributed by atoms with E-state index < -0.39 is 0 Å². The molecule has 4 nitrogen and oxygen atoms in total. The van der Waals surface area contributed by atoms with Crippen LogP contribution in [-0.2, 0) is 11.3 Å². The summed E-state index contributed by atoms with van der Waals surface area (Å²) in [7, 11) is 0. The van der Waals surface area contributed by atoms with E-state index in [1.807, 2.05) is 5.51 Å². The molecule has 1 aliphatic carbocycles. The molecule has 0 spiro atoms. The van der Waals surface area contributed by atoms with E-state index in [4.69, 9.17) is 0 Å². The van der Waals surface area contributed by atoms with Gasteiger partial charge in [0.15, 0.2) is 0 Å². The van der Waals surface area contributed by atoms with E-state index in [0.717, 1.165) is 64.1 Å². The first-order valence-electron chi connectivity index (χ1n) is 7.86. The van der Waals surface area contributed by atoms with E-state index in [1.165, 1.54) is 0 Å². The molecule has 1 fully saturated rings. The van der Waals surface area contributed by atoms with Crippen molar-refractivity contribution in [3.8, 4) is 0 Å². The average Bonchev–Trinajstić information content (AvgIpc) is 2.92. The van der Waals surface area contributed by atoms with Crippen molar-refractivity contribution in [3.63, 3.8) is 0 Å². The third-order valence-electron chi connectivity index (χ3n) is 4.39. The van der Waals surface area contributed by atoms with Gasteiger partial charge in [0, 0.05) is 44.0 Å². The van der Waals surface area contributed by atoms with Crippen molar-refractivity contribution < 1.29 is 4.79 Å². The van der Waals surface area contributed by atoms with Crippen LogP contribution in [0.1, 0.15) is 31.4 Å². The number of carbonyl (C=O) groups is 1. The van der Waals surface area contributed by atoms with Gasteiger partial charge in [0.25, 0.3) is 0 Å². The molecule has 1 saturated heterocycles. The molecule has 0 aromatic carbocycles. The van der Waals surface area contributed by atoms with E-state index >= 15 is 0 Å². The Hall–Kier alpha value is -1.20. The lowest BCUT2D eigenvalue weighted by atomic mass is 9.93. The monoisotopic (exact) mass is 305 g/mol. The number of carbonyl (C=O) groups excluding carboxylic acids is 1. The Bertz CT molecular complexity index is 486. The largest absolute Gasteiger partial charge is 0.341 e. The van der Waals surface area contributed by atoms with Gasteiger partial charge in [-0.3, -0.25) is 9.69 Å². The molecule has 21 heavy (non-hydrogen) atoms. The van der Waals surface area contributed by atoms with Gasteiger partial charge >= 0.3 is 0 Å². The van der Waals surface area contributed by atoms with Gasteiger partial charge in [-0.2, -0.15) is 0 Å². The highest BCUT2D eigenvalue weighted by Crippen LogP contribution is 2.21. The Kier molecular flexibility index (Phi) is 5.04. The van der Waals surface area contributed by atoms with E-state index in [-0.39, 0.29) is 5.92 Å². The second-order valence-corrected chi connectivity index (χ2v) is 6.63. The van der Waals surface area contributed by atoms with E-state index in [9.17, 15) is 4.79 Å². The van der Waals surface area contributed by atoms with Gasteiger partial charge in [0.05, 0.1) is 11.2 Å². The van der Waals surface area contributed by atoms with Crippen LogP contribution in [0.25, 0.3) is 0 Å². The van der Waals surface area contributed by atoms with Crippen molar-refractivity contribution in [2.75, 3.05) is 26.2 Å². The molecule has 2 heterocycles. The second kappa shape index (κ2) is 7.18. The van der Waals surface area contributed by atoms with Crippen molar-refractivity contribution in [1.29, 1.82) is 0 Å². The zero-order valence-electron chi connectivity index (χ0n) is 12.4. The smallest absolute Gasteiger partial charge is 0.226 e. The summed E-state index contributed by atoms with van der Waals surface area (Å²) >= 11 is 1.65. The Morgan fingerprint density at radius 3 is 3.00 bits per heavy atom. The summed E-state index contributed by atoms with van der Waals surface area (Å²) < 4.78 is 0. The van der Waals surface area contributed by atoms with Gasteiger partial charge in [-0.1, -0.05) is 12.2 Å². The zero-order chi connectivity index (χ0) is 14.5. The lowest BCUT2D eigenvalue weighted by Crippen LogP contribution is -2.39. The summed E-state index contributed by atoms with van der Waals surface area (Å²) in [6.07, 6.45) is 8.44. The number of nitrogens with zero attached hydrogens (tertiary/aromatic N) is 3. The highest BCUT2D eigenvalue weighted by Gasteiger charge is 2.26. The van der Waals surface area contributed by atoms with Gasteiger partial charge in [0.2, 0.25) is 5.91 Å². The number of thiazole rings is 1. The quantitative estimate of drug-likeness (QED) is 0.805. The maximum atomic E-state index is 12.6. The van der Waals surface area contributed by atoms with Crippen LogP contribution in [-0.4, -0.2) is 46.9 Å². The molecule has 1 aromatic rings. The molecule has 1 aliphatic heterocycles. The summed E-state index contributed by atoms with van der Waals surface area (Å²) in [6, 6.07) is 0. The Labute approximate surface area is 130 Å². The van der Waals surface area contributed by atoms with Gasteiger partial charge in [0.1, 0.15) is 0 Å². The molecule has 0 bridgehead atoms. The number of rotatable bonds is 3. The Morgan fingerprint density at radius 1 is 1.29 bits per heavy atom. The zero-order valence-corrected chi connectivity index (χ0v) is 13.2. The molecular weight excluding hydrogens is 282 g/mol. The Morgan fingerprint density at radius 2 is 2.24 bits per heavy atom. The SMILES string of the molecule is O=C([C@@H]1CC=CCC1)N1CCCN(Cc2cscn2)CC1. The van der Waals surface area contributed by atoms with Crippen molar-refractivity contribution >= 4 is 17.2 Å². The van der Waals surface area contributed by atoms with Crippen molar-refractivity contribution in [2.24, 2.45) is 5.92 Å². The molecule has 1 aromatic heterocycles. The fraction of sp³-hybridized carbons (Fsp3) is 0.625. The molecule has 0 unspecified atom stereocenters. The highest BCUT2D eigenvalue weighted by molar-refractivity contribution is 7.07. The Balaban J connectivity index is 1.52. The molecule has 3 rings (SSSR count). The minimum Gasteiger partial charge on any atom is -0.341 e. The molecule has 0 N–H and O–H groups in total. The number of allylic oxidation sites excluding steroid dienone is 2. The van der Waals surface area contributed by atoms with Crippen LogP contribution in [0.15, 0.2) is 23.0 Å². The minimum absolute atomic E-state index is 0.222. The second-order valence-electron chi connectivity index (χ2n) is 5.92. The predicted octanol–water partition coefficient (Wildman–Crippen LogP) is 2.53. The molecular formula is C16H23N3OS. The van der Waals surface area contributed by atoms with Crippen LogP contribution in [0.3, 0.4) is 0 Å². The van der Waals surface area contributed by atoms with Gasteiger partial charge in [-0.25, -0.2) is 4.98 Å². The van der Waals surface area contributed by atoms with Crippen LogP contribution < -0.4 is 0 Å². The number of aromatic nitrogens is 1. The molecule has 1 atom stereocenters. The number of amides is 1. The van der Waals surface area contributed by atoms with Crippen molar-refractivity contribution in [1.82, 2.24) is 14.8 Å². The molecule has 1 amide bonds. The van der Waals surface area contributed by atoms with Crippen LogP contribution in [0, 0.1) is 5.92 Å². The summed E-state index contributed by atoms with van der Waals surface area (Å²) in [6.45, 7) is 4.71. The fourth-order valence-corrected chi connectivity index (χ4v) is 3.72. The summed E-state index contributed by atoms with van der Waals surface area (Å²) in [5.74, 6) is 0.593. The normalized spacial score (nSPS) is 24.0.